The summed E-state index contributed by atoms with van der Waals surface area (Å²) in [5.41, 5.74) is 2.38. The number of nitrogens with one attached hydrogen (secondary N) is 2. The van der Waals surface area contributed by atoms with Gasteiger partial charge in [-0.3, -0.25) is 4.79 Å². The van der Waals surface area contributed by atoms with Gasteiger partial charge in [0.25, 0.3) is 5.91 Å². The second kappa shape index (κ2) is 8.93. The number of carbonyl (C=O) groups excluding carboxylic acids is 1. The van der Waals surface area contributed by atoms with Crippen molar-refractivity contribution in [3.63, 3.8) is 0 Å². The lowest BCUT2D eigenvalue weighted by Crippen LogP contribution is -2.31. The third kappa shape index (κ3) is 5.66. The van der Waals surface area contributed by atoms with Crippen molar-refractivity contribution < 1.29 is 13.2 Å². The van der Waals surface area contributed by atoms with Gasteiger partial charge in [-0.2, -0.15) is 0 Å². The van der Waals surface area contributed by atoms with Gasteiger partial charge in [0.2, 0.25) is 10.0 Å². The third-order valence-corrected chi connectivity index (χ3v) is 5.40. The minimum Gasteiger partial charge on any atom is -0.351 e. The molecule has 0 unspecified atom stereocenters. The first kappa shape index (κ1) is 20.1. The van der Waals surface area contributed by atoms with Crippen LogP contribution in [0.5, 0.6) is 0 Å². The number of amides is 1. The van der Waals surface area contributed by atoms with Gasteiger partial charge in [0.15, 0.2) is 0 Å². The summed E-state index contributed by atoms with van der Waals surface area (Å²) in [6, 6.07) is 13.5. The topological polar surface area (TPSA) is 78.5 Å². The largest absolute Gasteiger partial charge is 0.351 e. The number of benzene rings is 2. The van der Waals surface area contributed by atoms with E-state index in [2.05, 4.69) is 10.0 Å². The Morgan fingerprint density at radius 3 is 2.31 bits per heavy atom. The number of aryl methyl sites for hydroxylation is 1. The Balaban J connectivity index is 1.99. The van der Waals surface area contributed by atoms with Crippen LogP contribution in [0.2, 0.25) is 0 Å². The van der Waals surface area contributed by atoms with Crippen molar-refractivity contribution in [2.75, 3.05) is 27.2 Å². The molecule has 2 rings (SSSR count). The molecule has 26 heavy (non-hydrogen) atoms. The van der Waals surface area contributed by atoms with Gasteiger partial charge >= 0.3 is 0 Å². The monoisotopic (exact) mass is 375 g/mol. The molecular formula is C19H25N3O3S. The van der Waals surface area contributed by atoms with Crippen molar-refractivity contribution in [3.05, 3.63) is 65.2 Å². The Bertz CT molecular complexity index is 847. The number of rotatable bonds is 8. The molecule has 1 amide bonds. The van der Waals surface area contributed by atoms with Crippen LogP contribution in [0.15, 0.2) is 53.4 Å². The normalized spacial score (nSPS) is 11.5. The molecule has 0 aliphatic carbocycles. The molecule has 0 saturated carbocycles. The molecule has 0 atom stereocenters. The Morgan fingerprint density at radius 1 is 1.04 bits per heavy atom. The van der Waals surface area contributed by atoms with Gasteiger partial charge in [0.1, 0.15) is 0 Å². The van der Waals surface area contributed by atoms with Gasteiger partial charge in [-0.25, -0.2) is 13.1 Å². The zero-order chi connectivity index (χ0) is 19.2. The summed E-state index contributed by atoms with van der Waals surface area (Å²) in [5.74, 6) is -0.219. The number of sulfonamides is 1. The summed E-state index contributed by atoms with van der Waals surface area (Å²) in [6.07, 6.45) is 0. The molecule has 140 valence electrons. The predicted molar refractivity (Wildman–Crippen MR) is 103 cm³/mol. The van der Waals surface area contributed by atoms with Crippen LogP contribution in [0.4, 0.5) is 0 Å². The molecule has 2 aromatic carbocycles. The van der Waals surface area contributed by atoms with Crippen LogP contribution in [0.1, 0.15) is 21.5 Å². The summed E-state index contributed by atoms with van der Waals surface area (Å²) >= 11 is 0. The first-order valence-electron chi connectivity index (χ1n) is 8.37. The number of nitrogens with zero attached hydrogens (tertiary/aromatic N) is 1. The van der Waals surface area contributed by atoms with E-state index in [1.165, 1.54) is 24.3 Å². The minimum absolute atomic E-state index is 0.135. The number of hydrogen-bond donors (Lipinski definition) is 2. The van der Waals surface area contributed by atoms with Crippen LogP contribution in [0.25, 0.3) is 0 Å². The van der Waals surface area contributed by atoms with E-state index >= 15 is 0 Å². The van der Waals surface area contributed by atoms with Gasteiger partial charge in [0, 0.05) is 25.2 Å². The molecule has 0 aliphatic heterocycles. The molecule has 0 bridgehead atoms. The molecule has 0 heterocycles. The zero-order valence-electron chi connectivity index (χ0n) is 15.3. The van der Waals surface area contributed by atoms with Crippen molar-refractivity contribution in [2.45, 2.75) is 18.4 Å². The molecular weight excluding hydrogens is 350 g/mol. The molecule has 0 saturated heterocycles. The summed E-state index contributed by atoms with van der Waals surface area (Å²) in [6.45, 7) is 3.43. The van der Waals surface area contributed by atoms with Crippen molar-refractivity contribution in [1.29, 1.82) is 0 Å². The average molecular weight is 375 g/mol. The van der Waals surface area contributed by atoms with Gasteiger partial charge in [-0.05, 0) is 56.4 Å². The lowest BCUT2D eigenvalue weighted by Gasteiger charge is -2.11. The maximum atomic E-state index is 12.4. The SMILES string of the molecule is Cc1ccccc1CNS(=O)(=O)c1ccc(C(=O)NCCN(C)C)cc1. The molecule has 2 N–H and O–H groups in total. The van der Waals surface area contributed by atoms with Crippen molar-refractivity contribution in [2.24, 2.45) is 0 Å². The highest BCUT2D eigenvalue weighted by atomic mass is 32.2. The Morgan fingerprint density at radius 2 is 1.69 bits per heavy atom. The van der Waals surface area contributed by atoms with Gasteiger partial charge in [-0.15, -0.1) is 0 Å². The first-order chi connectivity index (χ1) is 12.3. The lowest BCUT2D eigenvalue weighted by molar-refractivity contribution is 0.0951. The fourth-order valence-electron chi connectivity index (χ4n) is 2.35. The van der Waals surface area contributed by atoms with Crippen LogP contribution >= 0.6 is 0 Å². The first-order valence-corrected chi connectivity index (χ1v) is 9.85. The van der Waals surface area contributed by atoms with Crippen LogP contribution in [0, 0.1) is 6.92 Å². The maximum absolute atomic E-state index is 12.4. The third-order valence-electron chi connectivity index (χ3n) is 3.99. The molecule has 0 spiro atoms. The van der Waals surface area contributed by atoms with E-state index < -0.39 is 10.0 Å². The molecule has 0 aromatic heterocycles. The molecule has 0 radical (unpaired) electrons. The van der Waals surface area contributed by atoms with Crippen LogP contribution in [0.3, 0.4) is 0 Å². The number of likely N-dealkylation sites (N-methyl/N-ethyl adjacent to an activating group) is 1. The minimum atomic E-state index is -3.63. The van der Waals surface area contributed by atoms with E-state index in [9.17, 15) is 13.2 Å². The average Bonchev–Trinajstić information content (AvgIpc) is 2.61. The van der Waals surface area contributed by atoms with Gasteiger partial charge in [0.05, 0.1) is 4.90 Å². The second-order valence-corrected chi connectivity index (χ2v) is 8.10. The zero-order valence-corrected chi connectivity index (χ0v) is 16.1. The van der Waals surface area contributed by atoms with Crippen LogP contribution in [-0.4, -0.2) is 46.4 Å². The molecule has 6 nitrogen and oxygen atoms in total. The highest BCUT2D eigenvalue weighted by Crippen LogP contribution is 2.13. The summed E-state index contributed by atoms with van der Waals surface area (Å²) in [4.78, 5) is 14.1. The standard InChI is InChI=1S/C19H25N3O3S/c1-15-6-4-5-7-17(15)14-21-26(24,25)18-10-8-16(9-11-18)19(23)20-12-13-22(2)3/h4-11,21H,12-14H2,1-3H3,(H,20,23). The molecule has 0 fully saturated rings. The van der Waals surface area contributed by atoms with E-state index in [1.807, 2.05) is 50.2 Å². The van der Waals surface area contributed by atoms with E-state index in [0.29, 0.717) is 12.1 Å². The predicted octanol–water partition coefficient (Wildman–Crippen LogP) is 1.76. The van der Waals surface area contributed by atoms with Crippen LogP contribution in [-0.2, 0) is 16.6 Å². The lowest BCUT2D eigenvalue weighted by atomic mass is 10.1. The smallest absolute Gasteiger partial charge is 0.251 e. The summed E-state index contributed by atoms with van der Waals surface area (Å²) in [5, 5.41) is 2.80. The maximum Gasteiger partial charge on any atom is 0.251 e. The van der Waals surface area contributed by atoms with E-state index in [0.717, 1.165) is 17.7 Å². The summed E-state index contributed by atoms with van der Waals surface area (Å²) < 4.78 is 27.4. The van der Waals surface area contributed by atoms with Crippen LogP contribution < -0.4 is 10.0 Å². The fraction of sp³-hybridized carbons (Fsp3) is 0.316. The van der Waals surface area contributed by atoms with E-state index in [-0.39, 0.29) is 17.3 Å². The van der Waals surface area contributed by atoms with Crippen molar-refractivity contribution in [3.8, 4) is 0 Å². The highest BCUT2D eigenvalue weighted by molar-refractivity contribution is 7.89. The quantitative estimate of drug-likeness (QED) is 0.737. The summed E-state index contributed by atoms with van der Waals surface area (Å²) in [7, 11) is 0.218. The molecule has 2 aromatic rings. The molecule has 0 aliphatic rings. The van der Waals surface area contributed by atoms with Gasteiger partial charge < -0.3 is 10.2 Å². The van der Waals surface area contributed by atoms with Gasteiger partial charge in [-0.1, -0.05) is 24.3 Å². The molecule has 7 heteroatoms. The second-order valence-electron chi connectivity index (χ2n) is 6.33. The Hall–Kier alpha value is -2.22. The van der Waals surface area contributed by atoms with E-state index in [1.54, 1.807) is 0 Å². The number of carbonyl (C=O) groups is 1. The Kier molecular flexibility index (Phi) is 6.90. The number of hydrogen-bond acceptors (Lipinski definition) is 4. The Labute approximate surface area is 155 Å². The highest BCUT2D eigenvalue weighted by Gasteiger charge is 2.15. The van der Waals surface area contributed by atoms with Crippen molar-refractivity contribution >= 4 is 15.9 Å². The fourth-order valence-corrected chi connectivity index (χ4v) is 3.35. The van der Waals surface area contributed by atoms with Crippen molar-refractivity contribution in [1.82, 2.24) is 14.9 Å². The van der Waals surface area contributed by atoms with E-state index in [4.69, 9.17) is 0 Å².